The number of nitrogens with zero attached hydrogens (tertiary/aromatic N) is 2. The summed E-state index contributed by atoms with van der Waals surface area (Å²) >= 11 is 0. The smallest absolute Gasteiger partial charge is 0.271 e. The molecule has 0 saturated heterocycles. The molecule has 1 heterocycles. The molecule has 98 valence electrons. The van der Waals surface area contributed by atoms with Gasteiger partial charge in [-0.1, -0.05) is 0 Å². The number of ether oxygens (including phenoxy) is 1. The van der Waals surface area contributed by atoms with E-state index in [1.54, 1.807) is 31.4 Å². The molecular weight excluding hydrogens is 248 g/mol. The van der Waals surface area contributed by atoms with E-state index < -0.39 is 11.4 Å². The maximum Gasteiger partial charge on any atom is 0.271 e. The van der Waals surface area contributed by atoms with Crippen molar-refractivity contribution in [3.05, 3.63) is 41.6 Å². The van der Waals surface area contributed by atoms with Gasteiger partial charge in [0.15, 0.2) is 11.2 Å². The Bertz CT molecular complexity index is 676. The predicted octanol–water partition coefficient (Wildman–Crippen LogP) is 0.374. The Morgan fingerprint density at radius 3 is 2.58 bits per heavy atom. The van der Waals surface area contributed by atoms with Crippen LogP contribution >= 0.6 is 0 Å². The van der Waals surface area contributed by atoms with Crippen molar-refractivity contribution in [1.29, 1.82) is 5.41 Å². The van der Waals surface area contributed by atoms with Crippen LogP contribution in [0, 0.1) is 5.41 Å². The number of aromatic nitrogens is 2. The van der Waals surface area contributed by atoms with Crippen molar-refractivity contribution in [3.8, 4) is 17.0 Å². The van der Waals surface area contributed by atoms with Gasteiger partial charge in [-0.3, -0.25) is 10.2 Å². The highest BCUT2D eigenvalue weighted by atomic mass is 16.5. The Morgan fingerprint density at radius 2 is 2.05 bits per heavy atom. The number of nitrogens with one attached hydrogen (secondary N) is 1. The molecule has 1 aromatic carbocycles. The van der Waals surface area contributed by atoms with Crippen LogP contribution in [-0.2, 0) is 0 Å². The molecule has 0 saturated carbocycles. The third-order valence-corrected chi connectivity index (χ3v) is 2.55. The van der Waals surface area contributed by atoms with Gasteiger partial charge in [0.1, 0.15) is 5.75 Å². The van der Waals surface area contributed by atoms with Gasteiger partial charge in [-0.2, -0.15) is 4.73 Å². The highest BCUT2D eigenvalue weighted by Gasteiger charge is 2.11. The van der Waals surface area contributed by atoms with E-state index in [9.17, 15) is 10.0 Å². The standard InChI is InChI=1S/C12H12N4O3/c1-19-8-4-2-7(3-5-8)9-6-16(18)11(13)10(15-9)12(14)17/h2-6,13,18H,1H3,(H2,14,17). The summed E-state index contributed by atoms with van der Waals surface area (Å²) in [6, 6.07) is 6.87. The fourth-order valence-corrected chi connectivity index (χ4v) is 1.56. The summed E-state index contributed by atoms with van der Waals surface area (Å²) in [5, 5.41) is 17.0. The molecule has 0 aliphatic rings. The third-order valence-electron chi connectivity index (χ3n) is 2.55. The summed E-state index contributed by atoms with van der Waals surface area (Å²) in [6.45, 7) is 0. The second-order valence-corrected chi connectivity index (χ2v) is 3.76. The molecule has 7 nitrogen and oxygen atoms in total. The fraction of sp³-hybridized carbons (Fsp3) is 0.0833. The molecule has 19 heavy (non-hydrogen) atoms. The van der Waals surface area contributed by atoms with Crippen LogP contribution < -0.4 is 16.0 Å². The molecule has 0 bridgehead atoms. The van der Waals surface area contributed by atoms with Gasteiger partial charge in [-0.15, -0.1) is 0 Å². The third kappa shape index (κ3) is 2.39. The molecule has 0 atom stereocenters. The molecule has 4 N–H and O–H groups in total. The maximum absolute atomic E-state index is 11.2. The number of nitrogens with two attached hydrogens (primary N) is 1. The lowest BCUT2D eigenvalue weighted by Crippen LogP contribution is -2.30. The molecule has 2 rings (SSSR count). The van der Waals surface area contributed by atoms with E-state index in [-0.39, 0.29) is 5.69 Å². The number of amides is 1. The largest absolute Gasteiger partial charge is 0.497 e. The van der Waals surface area contributed by atoms with Crippen molar-refractivity contribution in [2.75, 3.05) is 7.11 Å². The lowest BCUT2D eigenvalue weighted by Gasteiger charge is -2.07. The number of carbonyl (C=O) groups excluding carboxylic acids is 1. The van der Waals surface area contributed by atoms with Crippen molar-refractivity contribution in [1.82, 2.24) is 9.71 Å². The van der Waals surface area contributed by atoms with Gasteiger partial charge in [-0.05, 0) is 24.3 Å². The van der Waals surface area contributed by atoms with Crippen LogP contribution in [0.2, 0.25) is 0 Å². The predicted molar refractivity (Wildman–Crippen MR) is 65.8 cm³/mol. The van der Waals surface area contributed by atoms with Gasteiger partial charge in [0.2, 0.25) is 0 Å². The molecule has 0 fully saturated rings. The van der Waals surface area contributed by atoms with Crippen molar-refractivity contribution in [2.45, 2.75) is 0 Å². The fourth-order valence-electron chi connectivity index (χ4n) is 1.56. The first-order valence-electron chi connectivity index (χ1n) is 5.34. The van der Waals surface area contributed by atoms with Crippen LogP contribution in [0.4, 0.5) is 0 Å². The lowest BCUT2D eigenvalue weighted by atomic mass is 10.1. The minimum atomic E-state index is -0.872. The number of methoxy groups -OCH3 is 1. The minimum absolute atomic E-state index is 0.296. The molecule has 1 aromatic heterocycles. The molecule has 0 spiro atoms. The van der Waals surface area contributed by atoms with E-state index in [4.69, 9.17) is 15.9 Å². The number of rotatable bonds is 3. The molecule has 2 aromatic rings. The van der Waals surface area contributed by atoms with E-state index >= 15 is 0 Å². The van der Waals surface area contributed by atoms with E-state index in [0.717, 1.165) is 0 Å². The minimum Gasteiger partial charge on any atom is -0.497 e. The topological polar surface area (TPSA) is 114 Å². The lowest BCUT2D eigenvalue weighted by molar-refractivity contribution is 0.0983. The molecular formula is C12H12N4O3. The highest BCUT2D eigenvalue weighted by molar-refractivity contribution is 5.90. The van der Waals surface area contributed by atoms with E-state index in [1.807, 2.05) is 0 Å². The van der Waals surface area contributed by atoms with Crippen LogP contribution in [0.1, 0.15) is 10.5 Å². The maximum atomic E-state index is 11.2. The average molecular weight is 260 g/mol. The van der Waals surface area contributed by atoms with E-state index in [2.05, 4.69) is 4.98 Å². The molecule has 1 amide bonds. The zero-order valence-corrected chi connectivity index (χ0v) is 10.1. The summed E-state index contributed by atoms with van der Waals surface area (Å²) in [4.78, 5) is 15.1. The van der Waals surface area contributed by atoms with Gasteiger partial charge in [0.25, 0.3) is 5.91 Å². The molecule has 0 aliphatic carbocycles. The Morgan fingerprint density at radius 1 is 1.42 bits per heavy atom. The number of benzene rings is 1. The van der Waals surface area contributed by atoms with Crippen LogP contribution in [0.3, 0.4) is 0 Å². The summed E-state index contributed by atoms with van der Waals surface area (Å²) < 4.78 is 5.54. The Labute approximate surface area is 108 Å². The molecule has 0 radical (unpaired) electrons. The van der Waals surface area contributed by atoms with Crippen molar-refractivity contribution < 1.29 is 14.7 Å². The zero-order chi connectivity index (χ0) is 14.0. The van der Waals surface area contributed by atoms with Gasteiger partial charge < -0.3 is 15.7 Å². The second-order valence-electron chi connectivity index (χ2n) is 3.76. The molecule has 7 heteroatoms. The van der Waals surface area contributed by atoms with E-state index in [1.165, 1.54) is 6.20 Å². The zero-order valence-electron chi connectivity index (χ0n) is 10.1. The van der Waals surface area contributed by atoms with Gasteiger partial charge in [0.05, 0.1) is 19.0 Å². The first kappa shape index (κ1) is 12.6. The highest BCUT2D eigenvalue weighted by Crippen LogP contribution is 2.19. The Balaban J connectivity index is 2.56. The second kappa shape index (κ2) is 4.81. The van der Waals surface area contributed by atoms with Crippen molar-refractivity contribution in [2.24, 2.45) is 5.73 Å². The van der Waals surface area contributed by atoms with Gasteiger partial charge in [0, 0.05) is 5.56 Å². The number of carbonyl (C=O) groups is 1. The van der Waals surface area contributed by atoms with Crippen LogP contribution in [-0.4, -0.2) is 27.9 Å². The monoisotopic (exact) mass is 260 g/mol. The van der Waals surface area contributed by atoms with Gasteiger partial charge in [-0.25, -0.2) is 4.98 Å². The van der Waals surface area contributed by atoms with Crippen LogP contribution in [0.25, 0.3) is 11.3 Å². The quantitative estimate of drug-likeness (QED) is 0.692. The van der Waals surface area contributed by atoms with Crippen molar-refractivity contribution in [3.63, 3.8) is 0 Å². The average Bonchev–Trinajstić information content (AvgIpc) is 2.41. The summed E-state index contributed by atoms with van der Waals surface area (Å²) in [5.74, 6) is -0.198. The first-order valence-corrected chi connectivity index (χ1v) is 5.34. The van der Waals surface area contributed by atoms with Crippen LogP contribution in [0.5, 0.6) is 5.75 Å². The van der Waals surface area contributed by atoms with Gasteiger partial charge >= 0.3 is 0 Å². The molecule has 0 unspecified atom stereocenters. The summed E-state index contributed by atoms with van der Waals surface area (Å²) in [5.41, 5.74) is 5.35. The van der Waals surface area contributed by atoms with E-state index in [0.29, 0.717) is 21.7 Å². The normalized spacial score (nSPS) is 10.2. The first-order chi connectivity index (χ1) is 9.02. The number of hydrogen-bond donors (Lipinski definition) is 3. The summed E-state index contributed by atoms with van der Waals surface area (Å²) in [6.07, 6.45) is 1.23. The van der Waals surface area contributed by atoms with Crippen molar-refractivity contribution >= 4 is 5.91 Å². The SMILES string of the molecule is COc1ccc(-c2cn(O)c(=N)c(C(N)=O)n2)cc1. The van der Waals surface area contributed by atoms with Crippen LogP contribution in [0.15, 0.2) is 30.5 Å². The summed E-state index contributed by atoms with van der Waals surface area (Å²) in [7, 11) is 1.55. The molecule has 0 aliphatic heterocycles. The Hall–Kier alpha value is -2.83. The number of primary amides is 1. The Kier molecular flexibility index (Phi) is 3.19. The number of hydrogen-bond acceptors (Lipinski definition) is 5.